The van der Waals surface area contributed by atoms with Crippen molar-refractivity contribution >= 4 is 5.91 Å². The second-order valence-corrected chi connectivity index (χ2v) is 9.06. The van der Waals surface area contributed by atoms with Crippen LogP contribution in [0.15, 0.2) is 67.4 Å². The molecule has 0 bridgehead atoms. The number of likely N-dealkylation sites (tertiary alicyclic amines) is 1. The highest BCUT2D eigenvalue weighted by Crippen LogP contribution is 2.23. The molecule has 0 unspecified atom stereocenters. The molecular weight excluding hydrogens is 443 g/mol. The first-order valence-electron chi connectivity index (χ1n) is 11.8. The van der Waals surface area contributed by atoms with Crippen LogP contribution in [0.2, 0.25) is 0 Å². The first-order valence-corrected chi connectivity index (χ1v) is 11.8. The zero-order valence-corrected chi connectivity index (χ0v) is 19.6. The Labute approximate surface area is 203 Å². The molecule has 1 aromatic carbocycles. The number of halogens is 1. The van der Waals surface area contributed by atoms with Gasteiger partial charge in [-0.1, -0.05) is 12.1 Å². The van der Waals surface area contributed by atoms with Crippen LogP contribution in [0.25, 0.3) is 11.5 Å². The molecule has 178 valence electrons. The van der Waals surface area contributed by atoms with E-state index in [2.05, 4.69) is 15.0 Å². The number of aromatic nitrogens is 5. The van der Waals surface area contributed by atoms with Gasteiger partial charge in [0.05, 0.1) is 17.5 Å². The minimum atomic E-state index is -0.254. The first-order chi connectivity index (χ1) is 17.0. The van der Waals surface area contributed by atoms with E-state index >= 15 is 0 Å². The second-order valence-electron chi connectivity index (χ2n) is 9.06. The molecule has 8 heteroatoms. The first kappa shape index (κ1) is 22.8. The molecule has 4 heterocycles. The molecule has 1 atom stereocenters. The SMILES string of the molecule is Cn1ccnc1-c1cncc(C[C@H]2CCCN(C(=O)c3ccc(Cc4ccc(F)cc4)nc3)C2)n1. The predicted molar refractivity (Wildman–Crippen MR) is 130 cm³/mol. The van der Waals surface area contributed by atoms with Crippen molar-refractivity contribution in [2.75, 3.05) is 13.1 Å². The highest BCUT2D eigenvalue weighted by molar-refractivity contribution is 5.94. The molecule has 3 aromatic heterocycles. The number of piperidine rings is 1. The lowest BCUT2D eigenvalue weighted by Crippen LogP contribution is -2.40. The molecular formula is C27H27FN6O. The highest BCUT2D eigenvalue weighted by Gasteiger charge is 2.25. The third-order valence-corrected chi connectivity index (χ3v) is 6.41. The Kier molecular flexibility index (Phi) is 6.61. The van der Waals surface area contributed by atoms with Gasteiger partial charge in [-0.3, -0.25) is 14.8 Å². The van der Waals surface area contributed by atoms with Crippen LogP contribution in [-0.4, -0.2) is 48.4 Å². The standard InChI is InChI=1S/C27H27FN6O/c1-33-12-10-30-26(33)25-17-29-16-24(32-25)14-20-3-2-11-34(18-20)27(35)21-6-9-23(31-15-21)13-19-4-7-22(28)8-5-19/h4-10,12,15-17,20H,2-3,11,13-14,18H2,1H3/t20-/m1/s1. The number of pyridine rings is 1. The van der Waals surface area contributed by atoms with Gasteiger partial charge in [0.2, 0.25) is 0 Å². The van der Waals surface area contributed by atoms with E-state index in [9.17, 15) is 9.18 Å². The summed E-state index contributed by atoms with van der Waals surface area (Å²) in [6.45, 7) is 1.43. The van der Waals surface area contributed by atoms with Gasteiger partial charge < -0.3 is 9.47 Å². The fraction of sp³-hybridized carbons (Fsp3) is 0.296. The van der Waals surface area contributed by atoms with Crippen LogP contribution in [0, 0.1) is 11.7 Å². The van der Waals surface area contributed by atoms with Crippen molar-refractivity contribution in [2.24, 2.45) is 13.0 Å². The Hall–Kier alpha value is -3.94. The van der Waals surface area contributed by atoms with E-state index in [0.29, 0.717) is 24.4 Å². The van der Waals surface area contributed by atoms with Crippen molar-refractivity contribution in [1.82, 2.24) is 29.4 Å². The van der Waals surface area contributed by atoms with E-state index in [1.165, 1.54) is 12.1 Å². The molecule has 4 aromatic rings. The maximum Gasteiger partial charge on any atom is 0.255 e. The number of carbonyl (C=O) groups excluding carboxylic acids is 1. The largest absolute Gasteiger partial charge is 0.338 e. The Balaban J connectivity index is 1.21. The van der Waals surface area contributed by atoms with Crippen LogP contribution in [0.5, 0.6) is 0 Å². The summed E-state index contributed by atoms with van der Waals surface area (Å²) in [5.41, 5.74) is 4.08. The number of benzene rings is 1. The highest BCUT2D eigenvalue weighted by atomic mass is 19.1. The molecule has 0 N–H and O–H groups in total. The van der Waals surface area contributed by atoms with Gasteiger partial charge in [-0.2, -0.15) is 0 Å². The molecule has 35 heavy (non-hydrogen) atoms. The molecule has 1 aliphatic heterocycles. The second kappa shape index (κ2) is 10.1. The number of imidazole rings is 1. The molecule has 0 aliphatic carbocycles. The number of aryl methyl sites for hydroxylation is 1. The Morgan fingerprint density at radius 1 is 1.06 bits per heavy atom. The zero-order chi connectivity index (χ0) is 24.2. The lowest BCUT2D eigenvalue weighted by Gasteiger charge is -2.32. The number of carbonyl (C=O) groups is 1. The summed E-state index contributed by atoms with van der Waals surface area (Å²) in [5.74, 6) is 0.859. The van der Waals surface area contributed by atoms with Gasteiger partial charge in [0.1, 0.15) is 11.5 Å². The van der Waals surface area contributed by atoms with Gasteiger partial charge in [-0.15, -0.1) is 0 Å². The summed E-state index contributed by atoms with van der Waals surface area (Å²) in [6, 6.07) is 10.1. The molecule has 5 rings (SSSR count). The minimum absolute atomic E-state index is 0.00313. The van der Waals surface area contributed by atoms with E-state index in [-0.39, 0.29) is 11.7 Å². The van der Waals surface area contributed by atoms with Crippen molar-refractivity contribution in [1.29, 1.82) is 0 Å². The van der Waals surface area contributed by atoms with Crippen molar-refractivity contribution in [2.45, 2.75) is 25.7 Å². The van der Waals surface area contributed by atoms with Gasteiger partial charge in [-0.05, 0) is 55.0 Å². The van der Waals surface area contributed by atoms with Gasteiger partial charge in [-0.25, -0.2) is 14.4 Å². The summed E-state index contributed by atoms with van der Waals surface area (Å²) in [7, 11) is 1.94. The fourth-order valence-electron chi connectivity index (χ4n) is 4.59. The average molecular weight is 471 g/mol. The summed E-state index contributed by atoms with van der Waals surface area (Å²) >= 11 is 0. The maximum atomic E-state index is 13.2. The van der Waals surface area contributed by atoms with Crippen molar-refractivity contribution in [3.63, 3.8) is 0 Å². The molecule has 1 saturated heterocycles. The molecule has 1 aliphatic rings. The van der Waals surface area contributed by atoms with E-state index in [0.717, 1.165) is 54.3 Å². The maximum absolute atomic E-state index is 13.2. The lowest BCUT2D eigenvalue weighted by atomic mass is 9.93. The average Bonchev–Trinajstić information content (AvgIpc) is 3.32. The summed E-state index contributed by atoms with van der Waals surface area (Å²) < 4.78 is 15.0. The molecule has 1 amide bonds. The monoisotopic (exact) mass is 470 g/mol. The van der Waals surface area contributed by atoms with Gasteiger partial charge in [0, 0.05) is 57.0 Å². The van der Waals surface area contributed by atoms with Crippen molar-refractivity contribution in [3.05, 3.63) is 95.7 Å². The summed E-state index contributed by atoms with van der Waals surface area (Å²) in [4.78, 5) is 33.0. The number of rotatable bonds is 6. The molecule has 0 radical (unpaired) electrons. The van der Waals surface area contributed by atoms with Crippen LogP contribution in [0.4, 0.5) is 4.39 Å². The van der Waals surface area contributed by atoms with Crippen LogP contribution >= 0.6 is 0 Å². The van der Waals surface area contributed by atoms with Crippen LogP contribution in [0.3, 0.4) is 0 Å². The summed E-state index contributed by atoms with van der Waals surface area (Å²) in [5, 5.41) is 0. The smallest absolute Gasteiger partial charge is 0.255 e. The number of hydrogen-bond donors (Lipinski definition) is 0. The van der Waals surface area contributed by atoms with Gasteiger partial charge in [0.25, 0.3) is 5.91 Å². The quantitative estimate of drug-likeness (QED) is 0.424. The van der Waals surface area contributed by atoms with Crippen molar-refractivity contribution < 1.29 is 9.18 Å². The Morgan fingerprint density at radius 3 is 2.66 bits per heavy atom. The molecule has 7 nitrogen and oxygen atoms in total. The van der Waals surface area contributed by atoms with E-state index in [1.54, 1.807) is 36.9 Å². The van der Waals surface area contributed by atoms with Crippen molar-refractivity contribution in [3.8, 4) is 11.5 Å². The predicted octanol–water partition coefficient (Wildman–Crippen LogP) is 4.10. The summed E-state index contributed by atoms with van der Waals surface area (Å²) in [6.07, 6.45) is 12.2. The Bertz CT molecular complexity index is 1300. The van der Waals surface area contributed by atoms with E-state index in [4.69, 9.17) is 4.98 Å². The van der Waals surface area contributed by atoms with Crippen LogP contribution in [-0.2, 0) is 19.9 Å². The number of nitrogens with zero attached hydrogens (tertiary/aromatic N) is 6. The third kappa shape index (κ3) is 5.42. The van der Waals surface area contributed by atoms with E-state index < -0.39 is 0 Å². The molecule has 1 fully saturated rings. The van der Waals surface area contributed by atoms with Gasteiger partial charge in [0.15, 0.2) is 5.82 Å². The lowest BCUT2D eigenvalue weighted by molar-refractivity contribution is 0.0672. The topological polar surface area (TPSA) is 76.8 Å². The normalized spacial score (nSPS) is 15.8. The molecule has 0 saturated carbocycles. The van der Waals surface area contributed by atoms with Crippen LogP contribution in [0.1, 0.15) is 40.2 Å². The van der Waals surface area contributed by atoms with Gasteiger partial charge >= 0.3 is 0 Å². The van der Waals surface area contributed by atoms with Crippen LogP contribution < -0.4 is 0 Å². The van der Waals surface area contributed by atoms with E-state index in [1.807, 2.05) is 34.8 Å². The fourth-order valence-corrected chi connectivity index (χ4v) is 4.59. The number of amides is 1. The zero-order valence-electron chi connectivity index (χ0n) is 19.6. The number of hydrogen-bond acceptors (Lipinski definition) is 5. The Morgan fingerprint density at radius 2 is 1.91 bits per heavy atom. The molecule has 0 spiro atoms. The minimum Gasteiger partial charge on any atom is -0.338 e. The third-order valence-electron chi connectivity index (χ3n) is 6.41.